The van der Waals surface area contributed by atoms with Gasteiger partial charge in [0.2, 0.25) is 0 Å². The van der Waals surface area contributed by atoms with Crippen LogP contribution in [-0.4, -0.2) is 23.3 Å². The Morgan fingerprint density at radius 3 is 1.71 bits per heavy atom. The van der Waals surface area contributed by atoms with Crippen molar-refractivity contribution in [1.82, 2.24) is 0 Å². The van der Waals surface area contributed by atoms with E-state index >= 15 is 0 Å². The van der Waals surface area contributed by atoms with Gasteiger partial charge in [-0.15, -0.1) is 0 Å². The van der Waals surface area contributed by atoms with Crippen LogP contribution in [0.1, 0.15) is 91.4 Å². The molecule has 0 saturated carbocycles. The van der Waals surface area contributed by atoms with Gasteiger partial charge in [-0.1, -0.05) is 71.1 Å². The van der Waals surface area contributed by atoms with E-state index in [4.69, 9.17) is 9.84 Å². The molecule has 0 saturated heterocycles. The Labute approximate surface area is 146 Å². The fourth-order valence-corrected chi connectivity index (χ4v) is 2.40. The van der Waals surface area contributed by atoms with Crippen molar-refractivity contribution in [2.45, 2.75) is 104 Å². The first-order valence-electron chi connectivity index (χ1n) is 8.46. The molecule has 1 atom stereocenters. The number of aliphatic carboxylic acids is 1. The fraction of sp³-hybridized carbons (Fsp3) is 0.941. The average molecular weight is 334 g/mol. The van der Waals surface area contributed by atoms with E-state index in [2.05, 4.69) is 6.92 Å². The van der Waals surface area contributed by atoms with Gasteiger partial charge in [0, 0.05) is 21.7 Å². The molecule has 0 rings (SSSR count). The molecule has 0 bridgehead atoms. The van der Waals surface area contributed by atoms with Crippen LogP contribution >= 0.6 is 0 Å². The van der Waals surface area contributed by atoms with E-state index in [0.717, 1.165) is 12.8 Å². The summed E-state index contributed by atoms with van der Waals surface area (Å²) < 4.78 is 5.39. The number of hydrogen-bond acceptors (Lipinski definition) is 2. The third-order valence-electron chi connectivity index (χ3n) is 3.53. The van der Waals surface area contributed by atoms with E-state index in [9.17, 15) is 4.79 Å². The Kier molecular flexibility index (Phi) is 18.4. The van der Waals surface area contributed by atoms with E-state index < -0.39 is 12.1 Å². The molecule has 0 aromatic heterocycles. The Bertz CT molecular complexity index is 232. The summed E-state index contributed by atoms with van der Waals surface area (Å²) in [5, 5.41) is 9.04. The zero-order chi connectivity index (χ0) is 15.2. The van der Waals surface area contributed by atoms with Gasteiger partial charge in [-0.05, 0) is 20.3 Å². The van der Waals surface area contributed by atoms with Gasteiger partial charge < -0.3 is 9.84 Å². The number of rotatable bonds is 14. The molecule has 0 aliphatic heterocycles. The summed E-state index contributed by atoms with van der Waals surface area (Å²) in [7, 11) is 0. The Morgan fingerprint density at radius 1 is 0.905 bits per heavy atom. The molecule has 0 spiro atoms. The average Bonchev–Trinajstić information content (AvgIpc) is 2.39. The second-order valence-corrected chi connectivity index (χ2v) is 5.98. The second kappa shape index (κ2) is 16.5. The van der Waals surface area contributed by atoms with Gasteiger partial charge in [0.1, 0.15) is 0 Å². The van der Waals surface area contributed by atoms with Crippen LogP contribution in [0.5, 0.6) is 0 Å². The largest absolute Gasteiger partial charge is 0.479 e. The van der Waals surface area contributed by atoms with Gasteiger partial charge in [-0.2, -0.15) is 0 Å². The van der Waals surface area contributed by atoms with Crippen LogP contribution in [0.3, 0.4) is 0 Å². The van der Waals surface area contributed by atoms with E-state index in [1.54, 1.807) is 0 Å². The molecule has 124 valence electrons. The van der Waals surface area contributed by atoms with E-state index in [1.165, 1.54) is 51.4 Å². The van der Waals surface area contributed by atoms with Gasteiger partial charge >= 0.3 is 5.97 Å². The molecule has 0 aliphatic carbocycles. The number of carboxylic acid groups (broad SMARTS) is 1. The third kappa shape index (κ3) is 16.3. The minimum absolute atomic E-state index is 0. The maximum absolute atomic E-state index is 11.0. The molecule has 1 unspecified atom stereocenters. The monoisotopic (exact) mass is 334 g/mol. The van der Waals surface area contributed by atoms with Crippen molar-refractivity contribution >= 4 is 5.97 Å². The van der Waals surface area contributed by atoms with Crippen molar-refractivity contribution in [3.8, 4) is 0 Å². The molecule has 0 radical (unpaired) electrons. The van der Waals surface area contributed by atoms with Crippen LogP contribution in [0, 0.1) is 0 Å². The quantitative estimate of drug-likeness (QED) is 0.352. The standard InChI is InChI=1S/C17H34O3.Ti/c1-4-5-6-7-8-9-10-11-12-13-14-16(17(18)19)20-15(2)3;/h15-16H,4-14H2,1-3H3,(H,18,19);. The molecule has 21 heavy (non-hydrogen) atoms. The molecule has 4 heteroatoms. The van der Waals surface area contributed by atoms with E-state index in [0.29, 0.717) is 6.42 Å². The van der Waals surface area contributed by atoms with Crippen molar-refractivity contribution in [3.63, 3.8) is 0 Å². The summed E-state index contributed by atoms with van der Waals surface area (Å²) in [5.74, 6) is -0.824. The van der Waals surface area contributed by atoms with Crippen molar-refractivity contribution in [2.75, 3.05) is 0 Å². The van der Waals surface area contributed by atoms with E-state index in [-0.39, 0.29) is 27.8 Å². The predicted molar refractivity (Wildman–Crippen MR) is 84.1 cm³/mol. The molecule has 0 aromatic carbocycles. The number of carbonyl (C=O) groups is 1. The van der Waals surface area contributed by atoms with Crippen molar-refractivity contribution in [3.05, 3.63) is 0 Å². The number of unbranched alkanes of at least 4 members (excludes halogenated alkanes) is 9. The predicted octanol–water partition coefficient (Wildman–Crippen LogP) is 5.17. The zero-order valence-corrected chi connectivity index (χ0v) is 15.8. The van der Waals surface area contributed by atoms with Crippen molar-refractivity contribution < 1.29 is 36.4 Å². The van der Waals surface area contributed by atoms with Crippen LogP contribution in [0.4, 0.5) is 0 Å². The normalized spacial score (nSPS) is 12.2. The zero-order valence-electron chi connectivity index (χ0n) is 14.2. The van der Waals surface area contributed by atoms with Gasteiger partial charge in [-0.3, -0.25) is 0 Å². The molecule has 0 aliphatic rings. The van der Waals surface area contributed by atoms with Crippen LogP contribution < -0.4 is 0 Å². The summed E-state index contributed by atoms with van der Waals surface area (Å²) in [6.07, 6.45) is 12.7. The van der Waals surface area contributed by atoms with Crippen LogP contribution in [-0.2, 0) is 31.2 Å². The summed E-state index contributed by atoms with van der Waals surface area (Å²) in [4.78, 5) is 11.0. The van der Waals surface area contributed by atoms with Crippen LogP contribution in [0.2, 0.25) is 0 Å². The fourth-order valence-electron chi connectivity index (χ4n) is 2.40. The SMILES string of the molecule is CCCCCCCCCCCCC(OC(C)C)C(=O)O.[Ti]. The number of hydrogen-bond donors (Lipinski definition) is 1. The molecule has 3 nitrogen and oxygen atoms in total. The van der Waals surface area contributed by atoms with Crippen LogP contribution in [0.15, 0.2) is 0 Å². The van der Waals surface area contributed by atoms with Crippen LogP contribution in [0.25, 0.3) is 0 Å². The summed E-state index contributed by atoms with van der Waals surface area (Å²) >= 11 is 0. The van der Waals surface area contributed by atoms with Crippen molar-refractivity contribution in [2.24, 2.45) is 0 Å². The molecule has 0 aromatic rings. The minimum Gasteiger partial charge on any atom is -0.479 e. The maximum atomic E-state index is 11.0. The molecule has 1 N–H and O–H groups in total. The molecule has 0 amide bonds. The van der Waals surface area contributed by atoms with E-state index in [1.807, 2.05) is 13.8 Å². The summed E-state index contributed by atoms with van der Waals surface area (Å²) in [6.45, 7) is 6.01. The molecular weight excluding hydrogens is 300 g/mol. The number of ether oxygens (including phenoxy) is 1. The van der Waals surface area contributed by atoms with Gasteiger partial charge in [0.25, 0.3) is 0 Å². The van der Waals surface area contributed by atoms with Crippen molar-refractivity contribution in [1.29, 1.82) is 0 Å². The smallest absolute Gasteiger partial charge is 0.332 e. The topological polar surface area (TPSA) is 46.5 Å². The summed E-state index contributed by atoms with van der Waals surface area (Å²) in [5.41, 5.74) is 0. The Balaban J connectivity index is 0. The second-order valence-electron chi connectivity index (χ2n) is 5.98. The van der Waals surface area contributed by atoms with Gasteiger partial charge in [0.15, 0.2) is 6.10 Å². The third-order valence-corrected chi connectivity index (χ3v) is 3.53. The first-order chi connectivity index (χ1) is 9.57. The first kappa shape index (κ1) is 23.4. The molecule has 0 heterocycles. The Hall–Kier alpha value is 0.144. The Morgan fingerprint density at radius 2 is 1.33 bits per heavy atom. The summed E-state index contributed by atoms with van der Waals surface area (Å²) in [6, 6.07) is 0. The van der Waals surface area contributed by atoms with Gasteiger partial charge in [-0.25, -0.2) is 4.79 Å². The maximum Gasteiger partial charge on any atom is 0.332 e. The first-order valence-corrected chi connectivity index (χ1v) is 8.46. The number of carboxylic acids is 1. The minimum atomic E-state index is -0.824. The molecular formula is C17H34O3Ti. The molecule has 0 fully saturated rings. The van der Waals surface area contributed by atoms with Gasteiger partial charge in [0.05, 0.1) is 6.10 Å².